The molecule has 3 nitrogen and oxygen atoms in total. The number of benzene rings is 1. The molecule has 1 heterocycles. The maximum atomic E-state index is 12.0. The third kappa shape index (κ3) is 3.20. The van der Waals surface area contributed by atoms with Crippen molar-refractivity contribution in [1.29, 1.82) is 0 Å². The standard InChI is InChI=1S/C20H25NO2/c1-2-8-21(12-14-6-7-14)13-17-11-20(22)23-19-10-16-5-3-4-15(16)9-18(17)19/h9-11,14H,2-8,12-13H2,1H3. The largest absolute Gasteiger partial charge is 0.423 e. The molecule has 122 valence electrons. The Bertz CT molecular complexity index is 773. The van der Waals surface area contributed by atoms with Gasteiger partial charge in [-0.2, -0.15) is 0 Å². The molecule has 2 aliphatic rings. The lowest BCUT2D eigenvalue weighted by molar-refractivity contribution is 0.255. The van der Waals surface area contributed by atoms with Crippen molar-refractivity contribution in [1.82, 2.24) is 4.90 Å². The van der Waals surface area contributed by atoms with Gasteiger partial charge in [0.15, 0.2) is 0 Å². The summed E-state index contributed by atoms with van der Waals surface area (Å²) in [5.41, 5.74) is 4.50. The van der Waals surface area contributed by atoms with Crippen molar-refractivity contribution in [3.63, 3.8) is 0 Å². The van der Waals surface area contributed by atoms with E-state index in [-0.39, 0.29) is 5.63 Å². The quantitative estimate of drug-likeness (QED) is 0.759. The van der Waals surface area contributed by atoms with Gasteiger partial charge in [0.2, 0.25) is 0 Å². The van der Waals surface area contributed by atoms with Crippen LogP contribution in [0.15, 0.2) is 27.4 Å². The van der Waals surface area contributed by atoms with Gasteiger partial charge in [-0.05, 0) is 79.8 Å². The van der Waals surface area contributed by atoms with Crippen molar-refractivity contribution in [2.75, 3.05) is 13.1 Å². The fourth-order valence-corrected chi connectivity index (χ4v) is 3.88. The zero-order chi connectivity index (χ0) is 15.8. The minimum absolute atomic E-state index is 0.215. The predicted octanol–water partition coefficient (Wildman–Crippen LogP) is 3.90. The second kappa shape index (κ2) is 6.12. The van der Waals surface area contributed by atoms with Crippen LogP contribution in [0, 0.1) is 5.92 Å². The van der Waals surface area contributed by atoms with Crippen molar-refractivity contribution in [3.05, 3.63) is 45.3 Å². The Kier molecular flexibility index (Phi) is 3.98. The molecule has 0 radical (unpaired) electrons. The van der Waals surface area contributed by atoms with Crippen molar-refractivity contribution in [2.24, 2.45) is 5.92 Å². The summed E-state index contributed by atoms with van der Waals surface area (Å²) in [5, 5.41) is 1.14. The molecule has 0 amide bonds. The topological polar surface area (TPSA) is 33.5 Å². The van der Waals surface area contributed by atoms with Gasteiger partial charge in [0, 0.05) is 24.5 Å². The van der Waals surface area contributed by atoms with E-state index in [1.54, 1.807) is 6.07 Å². The normalized spacial score (nSPS) is 17.1. The molecule has 0 aliphatic heterocycles. The second-order valence-electron chi connectivity index (χ2n) is 7.24. The van der Waals surface area contributed by atoms with E-state index in [1.165, 1.54) is 36.9 Å². The van der Waals surface area contributed by atoms with Crippen LogP contribution < -0.4 is 5.63 Å². The molecule has 1 fully saturated rings. The Balaban J connectivity index is 1.71. The van der Waals surface area contributed by atoms with Gasteiger partial charge in [0.1, 0.15) is 5.58 Å². The third-order valence-corrected chi connectivity index (χ3v) is 5.19. The molecule has 1 saturated carbocycles. The molecule has 0 spiro atoms. The molecule has 23 heavy (non-hydrogen) atoms. The molecule has 0 atom stereocenters. The van der Waals surface area contributed by atoms with Crippen LogP contribution >= 0.6 is 0 Å². The maximum absolute atomic E-state index is 12.0. The fraction of sp³-hybridized carbons (Fsp3) is 0.550. The number of nitrogens with zero attached hydrogens (tertiary/aromatic N) is 1. The highest BCUT2D eigenvalue weighted by Gasteiger charge is 2.24. The van der Waals surface area contributed by atoms with Gasteiger partial charge in [0.25, 0.3) is 0 Å². The zero-order valence-corrected chi connectivity index (χ0v) is 13.9. The Morgan fingerprint density at radius 1 is 1.17 bits per heavy atom. The molecule has 2 aliphatic carbocycles. The predicted molar refractivity (Wildman–Crippen MR) is 92.8 cm³/mol. The van der Waals surface area contributed by atoms with E-state index in [1.807, 2.05) is 0 Å². The van der Waals surface area contributed by atoms with E-state index in [4.69, 9.17) is 4.42 Å². The summed E-state index contributed by atoms with van der Waals surface area (Å²) in [7, 11) is 0. The van der Waals surface area contributed by atoms with E-state index < -0.39 is 0 Å². The summed E-state index contributed by atoms with van der Waals surface area (Å²) < 4.78 is 5.49. The van der Waals surface area contributed by atoms with Crippen LogP contribution in [0.3, 0.4) is 0 Å². The van der Waals surface area contributed by atoms with Gasteiger partial charge in [0.05, 0.1) is 0 Å². The Hall–Kier alpha value is -1.61. The van der Waals surface area contributed by atoms with Crippen LogP contribution in [-0.4, -0.2) is 18.0 Å². The average molecular weight is 311 g/mol. The smallest absolute Gasteiger partial charge is 0.336 e. The average Bonchev–Trinajstić information content (AvgIpc) is 3.21. The minimum Gasteiger partial charge on any atom is -0.423 e. The van der Waals surface area contributed by atoms with Gasteiger partial charge in [-0.3, -0.25) is 4.90 Å². The summed E-state index contributed by atoms with van der Waals surface area (Å²) in [6.45, 7) is 5.36. The zero-order valence-electron chi connectivity index (χ0n) is 13.9. The summed E-state index contributed by atoms with van der Waals surface area (Å²) in [6, 6.07) is 6.09. The molecule has 1 aromatic heterocycles. The highest BCUT2D eigenvalue weighted by atomic mass is 16.4. The second-order valence-corrected chi connectivity index (χ2v) is 7.24. The van der Waals surface area contributed by atoms with E-state index in [2.05, 4.69) is 24.0 Å². The summed E-state index contributed by atoms with van der Waals surface area (Å²) in [4.78, 5) is 14.5. The minimum atomic E-state index is -0.215. The Morgan fingerprint density at radius 2 is 1.96 bits per heavy atom. The SMILES string of the molecule is CCCN(Cc1cc(=O)oc2cc3c(cc12)CCC3)CC1CC1. The van der Waals surface area contributed by atoms with Crippen molar-refractivity contribution >= 4 is 11.0 Å². The summed E-state index contributed by atoms with van der Waals surface area (Å²) in [6.07, 6.45) is 7.38. The highest BCUT2D eigenvalue weighted by Crippen LogP contribution is 2.32. The van der Waals surface area contributed by atoms with Crippen LogP contribution in [0.2, 0.25) is 0 Å². The number of fused-ring (bicyclic) bond motifs is 2. The van der Waals surface area contributed by atoms with Crippen molar-refractivity contribution < 1.29 is 4.42 Å². The first kappa shape index (κ1) is 14.9. The van der Waals surface area contributed by atoms with Gasteiger partial charge >= 0.3 is 5.63 Å². The fourth-order valence-electron chi connectivity index (χ4n) is 3.88. The van der Waals surface area contributed by atoms with Crippen molar-refractivity contribution in [3.8, 4) is 0 Å². The van der Waals surface area contributed by atoms with Gasteiger partial charge in [-0.1, -0.05) is 6.92 Å². The molecule has 4 rings (SSSR count). The first-order valence-corrected chi connectivity index (χ1v) is 9.04. The molecule has 0 bridgehead atoms. The number of hydrogen-bond donors (Lipinski definition) is 0. The molecule has 3 heteroatoms. The number of aryl methyl sites for hydroxylation is 2. The van der Waals surface area contributed by atoms with Gasteiger partial charge in [-0.15, -0.1) is 0 Å². The summed E-state index contributed by atoms with van der Waals surface area (Å²) >= 11 is 0. The Morgan fingerprint density at radius 3 is 2.70 bits per heavy atom. The lowest BCUT2D eigenvalue weighted by Crippen LogP contribution is -2.27. The molecule has 0 unspecified atom stereocenters. The van der Waals surface area contributed by atoms with Crippen LogP contribution in [0.4, 0.5) is 0 Å². The van der Waals surface area contributed by atoms with E-state index >= 15 is 0 Å². The molecule has 0 saturated heterocycles. The molecular formula is C20H25NO2. The van der Waals surface area contributed by atoms with Crippen molar-refractivity contribution in [2.45, 2.75) is 52.0 Å². The molecular weight excluding hydrogens is 286 g/mol. The molecule has 1 aromatic carbocycles. The first-order chi connectivity index (χ1) is 11.2. The number of hydrogen-bond acceptors (Lipinski definition) is 3. The number of rotatable bonds is 6. The lowest BCUT2D eigenvalue weighted by atomic mass is 10.0. The monoisotopic (exact) mass is 311 g/mol. The van der Waals surface area contributed by atoms with E-state index in [0.29, 0.717) is 0 Å². The third-order valence-electron chi connectivity index (χ3n) is 5.19. The van der Waals surface area contributed by atoms with Gasteiger partial charge < -0.3 is 4.42 Å². The Labute approximate surface area is 137 Å². The first-order valence-electron chi connectivity index (χ1n) is 9.04. The van der Waals surface area contributed by atoms with E-state index in [9.17, 15) is 4.79 Å². The maximum Gasteiger partial charge on any atom is 0.336 e. The van der Waals surface area contributed by atoms with Crippen LogP contribution in [0.5, 0.6) is 0 Å². The highest BCUT2D eigenvalue weighted by molar-refractivity contribution is 5.82. The lowest BCUT2D eigenvalue weighted by Gasteiger charge is -2.22. The molecule has 0 N–H and O–H groups in total. The van der Waals surface area contributed by atoms with Crippen LogP contribution in [-0.2, 0) is 19.4 Å². The van der Waals surface area contributed by atoms with Gasteiger partial charge in [-0.25, -0.2) is 4.79 Å². The van der Waals surface area contributed by atoms with Crippen LogP contribution in [0.25, 0.3) is 11.0 Å². The van der Waals surface area contributed by atoms with Crippen LogP contribution in [0.1, 0.15) is 49.3 Å². The molecule has 2 aromatic rings. The summed E-state index contributed by atoms with van der Waals surface area (Å²) in [5.74, 6) is 0.872. The van der Waals surface area contributed by atoms with E-state index in [0.717, 1.165) is 54.8 Å².